The molecule has 1 aromatic rings. The monoisotopic (exact) mass is 310 g/mol. The number of halogens is 1. The molecule has 1 saturated carbocycles. The van der Waals surface area contributed by atoms with Crippen molar-refractivity contribution in [1.29, 1.82) is 0 Å². The van der Waals surface area contributed by atoms with Crippen LogP contribution in [-0.4, -0.2) is 30.9 Å². The number of hydrogen-bond donors (Lipinski definition) is 3. The Morgan fingerprint density at radius 1 is 1.24 bits per heavy atom. The van der Waals surface area contributed by atoms with Gasteiger partial charge in [-0.2, -0.15) is 0 Å². The van der Waals surface area contributed by atoms with E-state index in [4.69, 9.17) is 23.1 Å². The second-order valence-electron chi connectivity index (χ2n) is 5.22. The fraction of sp³-hybridized carbons (Fsp3) is 0.429. The van der Waals surface area contributed by atoms with Crippen molar-refractivity contribution < 1.29 is 9.59 Å². The van der Waals surface area contributed by atoms with E-state index in [1.807, 2.05) is 12.1 Å². The fourth-order valence-electron chi connectivity index (χ4n) is 2.03. The number of anilines is 1. The van der Waals surface area contributed by atoms with Crippen molar-refractivity contribution in [3.05, 3.63) is 28.8 Å². The molecule has 0 heterocycles. The van der Waals surface area contributed by atoms with E-state index in [1.165, 1.54) is 17.7 Å². The average Bonchev–Trinajstić information content (AvgIpc) is 3.19. The van der Waals surface area contributed by atoms with Gasteiger partial charge in [0, 0.05) is 23.3 Å². The molecule has 6 nitrogen and oxygen atoms in total. The highest BCUT2D eigenvalue weighted by atomic mass is 35.5. The molecule has 1 aromatic carbocycles. The Kier molecular flexibility index (Phi) is 5.03. The van der Waals surface area contributed by atoms with Gasteiger partial charge in [0.05, 0.1) is 13.1 Å². The van der Waals surface area contributed by atoms with Crippen LogP contribution < -0.4 is 21.7 Å². The summed E-state index contributed by atoms with van der Waals surface area (Å²) in [5.74, 6) is -1.07. The van der Waals surface area contributed by atoms with Crippen LogP contribution in [0.25, 0.3) is 0 Å². The SMILES string of the molecule is NC(=O)CN(CC(N)=O)c1ccc(CNC2CC2)c(Cl)c1. The van der Waals surface area contributed by atoms with Gasteiger partial charge in [0.2, 0.25) is 11.8 Å². The van der Waals surface area contributed by atoms with Gasteiger partial charge in [0.15, 0.2) is 0 Å². The van der Waals surface area contributed by atoms with Crippen LogP contribution in [0.2, 0.25) is 5.02 Å². The van der Waals surface area contributed by atoms with Gasteiger partial charge in [0.1, 0.15) is 0 Å². The molecule has 0 bridgehead atoms. The summed E-state index contributed by atoms with van der Waals surface area (Å²) in [7, 11) is 0. The zero-order chi connectivity index (χ0) is 15.4. The first kappa shape index (κ1) is 15.6. The van der Waals surface area contributed by atoms with Crippen molar-refractivity contribution in [3.63, 3.8) is 0 Å². The van der Waals surface area contributed by atoms with Crippen LogP contribution in [-0.2, 0) is 16.1 Å². The Balaban J connectivity index is 2.10. The topological polar surface area (TPSA) is 101 Å². The van der Waals surface area contributed by atoms with Gasteiger partial charge >= 0.3 is 0 Å². The molecule has 114 valence electrons. The Hall–Kier alpha value is -1.79. The van der Waals surface area contributed by atoms with Gasteiger partial charge in [-0.1, -0.05) is 17.7 Å². The molecule has 1 aliphatic rings. The van der Waals surface area contributed by atoms with Gasteiger partial charge in [-0.05, 0) is 30.5 Å². The molecule has 0 spiro atoms. The first-order valence-corrected chi connectivity index (χ1v) is 7.17. The summed E-state index contributed by atoms with van der Waals surface area (Å²) in [6.45, 7) is 0.535. The zero-order valence-electron chi connectivity index (χ0n) is 11.6. The lowest BCUT2D eigenvalue weighted by Gasteiger charge is -2.22. The minimum Gasteiger partial charge on any atom is -0.368 e. The highest BCUT2D eigenvalue weighted by molar-refractivity contribution is 6.31. The molecular formula is C14H19ClN4O2. The summed E-state index contributed by atoms with van der Waals surface area (Å²) in [6, 6.07) is 6.00. The molecule has 0 atom stereocenters. The lowest BCUT2D eigenvalue weighted by atomic mass is 10.2. The Labute approximate surface area is 128 Å². The van der Waals surface area contributed by atoms with E-state index in [1.54, 1.807) is 6.07 Å². The molecule has 1 aliphatic carbocycles. The number of carbonyl (C=O) groups is 2. The summed E-state index contributed by atoms with van der Waals surface area (Å²) >= 11 is 6.25. The molecule has 0 aromatic heterocycles. The highest BCUT2D eigenvalue weighted by Crippen LogP contribution is 2.25. The molecule has 0 radical (unpaired) electrons. The molecule has 1 fully saturated rings. The first-order chi connectivity index (χ1) is 9.95. The quantitative estimate of drug-likeness (QED) is 0.645. The van der Waals surface area contributed by atoms with E-state index in [0.717, 1.165) is 5.56 Å². The second-order valence-corrected chi connectivity index (χ2v) is 5.63. The predicted molar refractivity (Wildman–Crippen MR) is 81.9 cm³/mol. The Morgan fingerprint density at radius 2 is 1.86 bits per heavy atom. The Morgan fingerprint density at radius 3 is 2.33 bits per heavy atom. The van der Waals surface area contributed by atoms with Gasteiger partial charge in [-0.15, -0.1) is 0 Å². The van der Waals surface area contributed by atoms with Crippen molar-refractivity contribution in [2.45, 2.75) is 25.4 Å². The standard InChI is InChI=1S/C14H19ClN4O2/c15-12-5-11(19(7-13(16)20)8-14(17)21)4-1-9(12)6-18-10-2-3-10/h1,4-5,10,18H,2-3,6-8H2,(H2,16,20)(H2,17,21). The van der Waals surface area contributed by atoms with E-state index >= 15 is 0 Å². The predicted octanol–water partition coefficient (Wildman–Crippen LogP) is 0.369. The van der Waals surface area contributed by atoms with Crippen LogP contribution >= 0.6 is 11.6 Å². The molecule has 2 amide bonds. The largest absolute Gasteiger partial charge is 0.368 e. The number of rotatable bonds is 8. The molecule has 2 rings (SSSR count). The van der Waals surface area contributed by atoms with Crippen molar-refractivity contribution in [3.8, 4) is 0 Å². The molecule has 21 heavy (non-hydrogen) atoms. The number of nitrogens with one attached hydrogen (secondary N) is 1. The van der Waals surface area contributed by atoms with E-state index in [2.05, 4.69) is 5.32 Å². The Bertz CT molecular complexity index is 530. The fourth-order valence-corrected chi connectivity index (χ4v) is 2.27. The van der Waals surface area contributed by atoms with Gasteiger partial charge in [-0.25, -0.2) is 0 Å². The van der Waals surface area contributed by atoms with Crippen LogP contribution in [0.4, 0.5) is 5.69 Å². The molecule has 0 saturated heterocycles. The normalized spacial score (nSPS) is 14.0. The molecule has 0 aliphatic heterocycles. The van der Waals surface area contributed by atoms with E-state index in [-0.39, 0.29) is 13.1 Å². The van der Waals surface area contributed by atoms with Crippen LogP contribution in [0.5, 0.6) is 0 Å². The average molecular weight is 311 g/mol. The molecule has 7 heteroatoms. The third-order valence-electron chi connectivity index (χ3n) is 3.25. The van der Waals surface area contributed by atoms with Crippen molar-refractivity contribution in [2.24, 2.45) is 11.5 Å². The maximum absolute atomic E-state index is 11.1. The van der Waals surface area contributed by atoms with Crippen LogP contribution in [0.1, 0.15) is 18.4 Å². The second kappa shape index (κ2) is 6.78. The number of nitrogens with zero attached hydrogens (tertiary/aromatic N) is 1. The molecule has 5 N–H and O–H groups in total. The summed E-state index contributed by atoms with van der Waals surface area (Å²) in [5.41, 5.74) is 12.0. The number of benzene rings is 1. The first-order valence-electron chi connectivity index (χ1n) is 6.79. The van der Waals surface area contributed by atoms with Crippen molar-refractivity contribution in [2.75, 3.05) is 18.0 Å². The lowest BCUT2D eigenvalue weighted by molar-refractivity contribution is -0.117. The minimum atomic E-state index is -0.535. The van der Waals surface area contributed by atoms with Crippen LogP contribution in [0.3, 0.4) is 0 Å². The van der Waals surface area contributed by atoms with E-state index in [0.29, 0.717) is 23.3 Å². The van der Waals surface area contributed by atoms with E-state index < -0.39 is 11.8 Å². The zero-order valence-corrected chi connectivity index (χ0v) is 12.4. The van der Waals surface area contributed by atoms with Gasteiger partial charge in [-0.3, -0.25) is 9.59 Å². The van der Waals surface area contributed by atoms with Crippen molar-refractivity contribution >= 4 is 29.1 Å². The minimum absolute atomic E-state index is 0.0844. The maximum atomic E-state index is 11.1. The number of primary amides is 2. The lowest BCUT2D eigenvalue weighted by Crippen LogP contribution is -2.39. The van der Waals surface area contributed by atoms with Crippen molar-refractivity contribution in [1.82, 2.24) is 5.32 Å². The smallest absolute Gasteiger partial charge is 0.236 e. The molecule has 0 unspecified atom stereocenters. The summed E-state index contributed by atoms with van der Waals surface area (Å²) < 4.78 is 0. The number of amides is 2. The summed E-state index contributed by atoms with van der Waals surface area (Å²) in [5, 5.41) is 3.96. The molecular weight excluding hydrogens is 292 g/mol. The number of carbonyl (C=O) groups excluding carboxylic acids is 2. The third-order valence-corrected chi connectivity index (χ3v) is 3.61. The summed E-state index contributed by atoms with van der Waals surface area (Å²) in [6.07, 6.45) is 2.42. The van der Waals surface area contributed by atoms with E-state index in [9.17, 15) is 9.59 Å². The van der Waals surface area contributed by atoms with Crippen LogP contribution in [0, 0.1) is 0 Å². The van der Waals surface area contributed by atoms with Gasteiger partial charge < -0.3 is 21.7 Å². The summed E-state index contributed by atoms with van der Waals surface area (Å²) in [4.78, 5) is 23.7. The maximum Gasteiger partial charge on any atom is 0.236 e. The van der Waals surface area contributed by atoms with Gasteiger partial charge in [0.25, 0.3) is 0 Å². The highest BCUT2D eigenvalue weighted by Gasteiger charge is 2.20. The number of hydrogen-bond acceptors (Lipinski definition) is 4. The third kappa shape index (κ3) is 4.91. The van der Waals surface area contributed by atoms with Crippen LogP contribution in [0.15, 0.2) is 18.2 Å². The number of nitrogens with two attached hydrogens (primary N) is 2.